The Morgan fingerprint density at radius 3 is 2.67 bits per heavy atom. The van der Waals surface area contributed by atoms with E-state index >= 15 is 0 Å². The van der Waals surface area contributed by atoms with Crippen LogP contribution in [0.15, 0.2) is 24.3 Å². The van der Waals surface area contributed by atoms with Gasteiger partial charge in [-0.3, -0.25) is 0 Å². The lowest BCUT2D eigenvalue weighted by Crippen LogP contribution is -2.21. The van der Waals surface area contributed by atoms with E-state index in [1.165, 1.54) is 38.0 Å². The van der Waals surface area contributed by atoms with Crippen LogP contribution < -0.4 is 5.73 Å². The van der Waals surface area contributed by atoms with Crippen LogP contribution in [0.2, 0.25) is 0 Å². The van der Waals surface area contributed by atoms with Gasteiger partial charge in [0.05, 0.1) is 6.61 Å². The number of hydrogen-bond acceptors (Lipinski definition) is 3. The van der Waals surface area contributed by atoms with Gasteiger partial charge in [-0.1, -0.05) is 18.2 Å². The molecule has 1 aliphatic rings. The van der Waals surface area contributed by atoms with Gasteiger partial charge in [-0.05, 0) is 50.4 Å². The maximum Gasteiger partial charge on any atom is 0.0507 e. The van der Waals surface area contributed by atoms with Crippen LogP contribution in [0, 0.1) is 0 Å². The lowest BCUT2D eigenvalue weighted by atomic mass is 10.1. The summed E-state index contributed by atoms with van der Waals surface area (Å²) in [5.74, 6) is 0. The molecule has 3 nitrogen and oxygen atoms in total. The summed E-state index contributed by atoms with van der Waals surface area (Å²) in [6, 6.07) is 8.01. The number of benzene rings is 1. The van der Waals surface area contributed by atoms with Crippen molar-refractivity contribution < 1.29 is 4.74 Å². The van der Waals surface area contributed by atoms with Crippen molar-refractivity contribution in [1.82, 2.24) is 4.90 Å². The Morgan fingerprint density at radius 2 is 1.89 bits per heavy atom. The van der Waals surface area contributed by atoms with Crippen molar-refractivity contribution in [2.24, 2.45) is 0 Å². The monoisotopic (exact) mass is 248 g/mol. The first-order valence-corrected chi connectivity index (χ1v) is 7.00. The molecule has 1 saturated heterocycles. The lowest BCUT2D eigenvalue weighted by molar-refractivity contribution is 0.126. The number of nitrogens with zero attached hydrogens (tertiary/aromatic N) is 1. The average Bonchev–Trinajstić information content (AvgIpc) is 2.89. The second-order valence-corrected chi connectivity index (χ2v) is 4.96. The van der Waals surface area contributed by atoms with E-state index in [-0.39, 0.29) is 0 Å². The molecule has 1 heterocycles. The number of nitrogens with two attached hydrogens (primary N) is 1. The molecule has 0 aliphatic carbocycles. The third-order valence-corrected chi connectivity index (χ3v) is 3.53. The molecule has 1 aromatic rings. The standard InChI is InChI=1S/C15H24N2O/c16-15-7-2-1-6-14(15)8-13-18-12-5-11-17-9-3-4-10-17/h1-2,6-7H,3-5,8-13,16H2. The summed E-state index contributed by atoms with van der Waals surface area (Å²) >= 11 is 0. The molecule has 1 aliphatic heterocycles. The van der Waals surface area contributed by atoms with E-state index < -0.39 is 0 Å². The largest absolute Gasteiger partial charge is 0.399 e. The highest BCUT2D eigenvalue weighted by Crippen LogP contribution is 2.11. The molecule has 100 valence electrons. The summed E-state index contributed by atoms with van der Waals surface area (Å²) in [7, 11) is 0. The van der Waals surface area contributed by atoms with Crippen LogP contribution in [0.5, 0.6) is 0 Å². The fourth-order valence-electron chi connectivity index (χ4n) is 2.44. The van der Waals surface area contributed by atoms with Crippen LogP contribution in [0.4, 0.5) is 5.69 Å². The zero-order valence-corrected chi connectivity index (χ0v) is 11.1. The minimum Gasteiger partial charge on any atom is -0.399 e. The van der Waals surface area contributed by atoms with Crippen molar-refractivity contribution in [2.45, 2.75) is 25.7 Å². The first-order valence-electron chi connectivity index (χ1n) is 7.00. The van der Waals surface area contributed by atoms with E-state index in [1.807, 2.05) is 18.2 Å². The molecule has 0 radical (unpaired) electrons. The third kappa shape index (κ3) is 4.31. The second kappa shape index (κ2) is 7.39. The molecule has 0 spiro atoms. The van der Waals surface area contributed by atoms with Crippen LogP contribution in [0.3, 0.4) is 0 Å². The number of ether oxygens (including phenoxy) is 1. The number of anilines is 1. The van der Waals surface area contributed by atoms with Crippen molar-refractivity contribution in [2.75, 3.05) is 38.6 Å². The molecule has 0 bridgehead atoms. The van der Waals surface area contributed by atoms with E-state index in [1.54, 1.807) is 0 Å². The van der Waals surface area contributed by atoms with Crippen LogP contribution in [0.25, 0.3) is 0 Å². The van der Waals surface area contributed by atoms with E-state index in [0.29, 0.717) is 0 Å². The van der Waals surface area contributed by atoms with Gasteiger partial charge >= 0.3 is 0 Å². The Hall–Kier alpha value is -1.06. The SMILES string of the molecule is Nc1ccccc1CCOCCCN1CCCC1. The highest BCUT2D eigenvalue weighted by molar-refractivity contribution is 5.46. The molecule has 0 amide bonds. The summed E-state index contributed by atoms with van der Waals surface area (Å²) in [5.41, 5.74) is 7.95. The number of hydrogen-bond donors (Lipinski definition) is 1. The zero-order chi connectivity index (χ0) is 12.6. The molecule has 1 fully saturated rings. The van der Waals surface area contributed by atoms with E-state index in [2.05, 4.69) is 11.0 Å². The van der Waals surface area contributed by atoms with Crippen LogP contribution in [0.1, 0.15) is 24.8 Å². The summed E-state index contributed by atoms with van der Waals surface area (Å²) < 4.78 is 5.67. The molecule has 0 atom stereocenters. The minimum absolute atomic E-state index is 0.772. The maximum atomic E-state index is 5.88. The van der Waals surface area contributed by atoms with Crippen LogP contribution >= 0.6 is 0 Å². The summed E-state index contributed by atoms with van der Waals surface area (Å²) in [6.45, 7) is 5.38. The van der Waals surface area contributed by atoms with Gasteiger partial charge in [0.15, 0.2) is 0 Å². The van der Waals surface area contributed by atoms with Crippen LogP contribution in [-0.2, 0) is 11.2 Å². The van der Waals surface area contributed by atoms with Crippen molar-refractivity contribution in [3.63, 3.8) is 0 Å². The van der Waals surface area contributed by atoms with Gasteiger partial charge in [0, 0.05) is 18.8 Å². The normalized spacial score (nSPS) is 16.2. The van der Waals surface area contributed by atoms with Gasteiger partial charge in [0.2, 0.25) is 0 Å². The van der Waals surface area contributed by atoms with Crippen molar-refractivity contribution in [3.05, 3.63) is 29.8 Å². The Kier molecular flexibility index (Phi) is 5.49. The van der Waals surface area contributed by atoms with Crippen molar-refractivity contribution >= 4 is 5.69 Å². The zero-order valence-electron chi connectivity index (χ0n) is 11.1. The topological polar surface area (TPSA) is 38.5 Å². The highest BCUT2D eigenvalue weighted by Gasteiger charge is 2.09. The smallest absolute Gasteiger partial charge is 0.0507 e. The van der Waals surface area contributed by atoms with Gasteiger partial charge in [-0.15, -0.1) is 0 Å². The second-order valence-electron chi connectivity index (χ2n) is 4.96. The molecule has 2 N–H and O–H groups in total. The number of rotatable bonds is 7. The summed E-state index contributed by atoms with van der Waals surface area (Å²) in [4.78, 5) is 2.53. The Bertz CT molecular complexity index is 348. The fourth-order valence-corrected chi connectivity index (χ4v) is 2.44. The Morgan fingerprint density at radius 1 is 1.11 bits per heavy atom. The van der Waals surface area contributed by atoms with E-state index in [9.17, 15) is 0 Å². The predicted octanol–water partition coefficient (Wildman–Crippen LogP) is 2.31. The first kappa shape index (κ1) is 13.4. The number of para-hydroxylation sites is 1. The molecule has 1 aromatic carbocycles. The molecule has 0 unspecified atom stereocenters. The van der Waals surface area contributed by atoms with Gasteiger partial charge in [-0.25, -0.2) is 0 Å². The lowest BCUT2D eigenvalue weighted by Gasteiger charge is -2.14. The van der Waals surface area contributed by atoms with Crippen LogP contribution in [-0.4, -0.2) is 37.7 Å². The van der Waals surface area contributed by atoms with Crippen molar-refractivity contribution in [3.8, 4) is 0 Å². The summed E-state index contributed by atoms with van der Waals surface area (Å²) in [6.07, 6.45) is 4.79. The molecule has 2 rings (SSSR count). The van der Waals surface area contributed by atoms with Gasteiger partial charge in [0.25, 0.3) is 0 Å². The number of likely N-dealkylation sites (tertiary alicyclic amines) is 1. The molecule has 3 heteroatoms. The molecule has 0 saturated carbocycles. The molecule has 0 aromatic heterocycles. The fraction of sp³-hybridized carbons (Fsp3) is 0.600. The van der Waals surface area contributed by atoms with E-state index in [0.717, 1.165) is 31.7 Å². The number of nitrogen functional groups attached to an aromatic ring is 1. The predicted molar refractivity (Wildman–Crippen MR) is 75.7 cm³/mol. The van der Waals surface area contributed by atoms with Gasteiger partial charge in [0.1, 0.15) is 0 Å². The van der Waals surface area contributed by atoms with Gasteiger partial charge in [-0.2, -0.15) is 0 Å². The van der Waals surface area contributed by atoms with Gasteiger partial charge < -0.3 is 15.4 Å². The first-order chi connectivity index (χ1) is 8.86. The minimum atomic E-state index is 0.772. The third-order valence-electron chi connectivity index (χ3n) is 3.53. The average molecular weight is 248 g/mol. The molecular formula is C15H24N2O. The highest BCUT2D eigenvalue weighted by atomic mass is 16.5. The maximum absolute atomic E-state index is 5.88. The Labute approximate surface area is 110 Å². The molecular weight excluding hydrogens is 224 g/mol. The van der Waals surface area contributed by atoms with E-state index in [4.69, 9.17) is 10.5 Å². The summed E-state index contributed by atoms with van der Waals surface area (Å²) in [5, 5.41) is 0. The van der Waals surface area contributed by atoms with Crippen molar-refractivity contribution in [1.29, 1.82) is 0 Å². The quantitative estimate of drug-likeness (QED) is 0.594. The Balaban J connectivity index is 1.52. The molecule has 18 heavy (non-hydrogen) atoms.